The molecule has 0 spiro atoms. The molecule has 2 aliphatic heterocycles. The summed E-state index contributed by atoms with van der Waals surface area (Å²) in [6, 6.07) is 12.1. The Morgan fingerprint density at radius 3 is 2.61 bits per heavy atom. The van der Waals surface area contributed by atoms with E-state index in [1.165, 1.54) is 5.69 Å². The van der Waals surface area contributed by atoms with Crippen LogP contribution in [-0.2, 0) is 4.79 Å². The van der Waals surface area contributed by atoms with Crippen molar-refractivity contribution in [3.8, 4) is 0 Å². The zero-order valence-electron chi connectivity index (χ0n) is 18.0. The predicted octanol–water partition coefficient (Wildman–Crippen LogP) is 3.28. The number of hydrogen-bond acceptors (Lipinski definition) is 5. The number of halogens is 1. The van der Waals surface area contributed by atoms with Crippen LogP contribution in [0.2, 0.25) is 5.02 Å². The maximum atomic E-state index is 12.7. The molecule has 1 N–H and O–H groups in total. The summed E-state index contributed by atoms with van der Waals surface area (Å²) < 4.78 is 0. The third-order valence-electron chi connectivity index (χ3n) is 6.32. The summed E-state index contributed by atoms with van der Waals surface area (Å²) in [6.45, 7) is 7.69. The van der Waals surface area contributed by atoms with Gasteiger partial charge in [-0.1, -0.05) is 17.7 Å². The molecule has 166 valence electrons. The highest BCUT2D eigenvalue weighted by Crippen LogP contribution is 2.23. The summed E-state index contributed by atoms with van der Waals surface area (Å²) in [5.74, 6) is 0.271. The van der Waals surface area contributed by atoms with Gasteiger partial charge in [0.2, 0.25) is 5.91 Å². The molecule has 2 aliphatic rings. The molecule has 0 bridgehead atoms. The van der Waals surface area contributed by atoms with E-state index >= 15 is 0 Å². The number of benzene rings is 1. The number of pyridine rings is 1. The Bertz CT molecular complexity index is 841. The normalized spacial score (nSPS) is 20.0. The SMILES string of the molecule is O=C(NCCCN1CCN(c2cccc(Cl)c2)CC1)C1CCCN(c2ccncc2)C1. The van der Waals surface area contributed by atoms with Crippen LogP contribution >= 0.6 is 11.6 Å². The molecule has 1 amide bonds. The van der Waals surface area contributed by atoms with E-state index in [1.807, 2.05) is 42.7 Å². The Morgan fingerprint density at radius 2 is 1.84 bits per heavy atom. The van der Waals surface area contributed by atoms with E-state index in [1.54, 1.807) is 0 Å². The van der Waals surface area contributed by atoms with Crippen LogP contribution in [0, 0.1) is 5.92 Å². The molecular weight excluding hydrogens is 410 g/mol. The summed E-state index contributed by atoms with van der Waals surface area (Å²) in [6.07, 6.45) is 6.64. The quantitative estimate of drug-likeness (QED) is 0.668. The lowest BCUT2D eigenvalue weighted by atomic mass is 9.96. The maximum Gasteiger partial charge on any atom is 0.224 e. The number of amides is 1. The van der Waals surface area contributed by atoms with Crippen LogP contribution < -0.4 is 15.1 Å². The van der Waals surface area contributed by atoms with E-state index in [2.05, 4.69) is 31.1 Å². The zero-order chi connectivity index (χ0) is 21.5. The van der Waals surface area contributed by atoms with Gasteiger partial charge in [-0.3, -0.25) is 14.7 Å². The number of hydrogen-bond donors (Lipinski definition) is 1. The minimum atomic E-state index is 0.0724. The zero-order valence-corrected chi connectivity index (χ0v) is 18.8. The van der Waals surface area contributed by atoms with Crippen LogP contribution in [0.25, 0.3) is 0 Å². The summed E-state index contributed by atoms with van der Waals surface area (Å²) in [7, 11) is 0. The van der Waals surface area contributed by atoms with E-state index in [-0.39, 0.29) is 11.8 Å². The lowest BCUT2D eigenvalue weighted by Crippen LogP contribution is -2.47. The lowest BCUT2D eigenvalue weighted by molar-refractivity contribution is -0.125. The average Bonchev–Trinajstić information content (AvgIpc) is 2.83. The van der Waals surface area contributed by atoms with E-state index in [0.29, 0.717) is 0 Å². The molecule has 1 unspecified atom stereocenters. The molecule has 1 aromatic carbocycles. The summed E-state index contributed by atoms with van der Waals surface area (Å²) in [5.41, 5.74) is 2.36. The Hall–Kier alpha value is -2.31. The highest BCUT2D eigenvalue weighted by atomic mass is 35.5. The third-order valence-corrected chi connectivity index (χ3v) is 6.55. The smallest absolute Gasteiger partial charge is 0.224 e. The topological polar surface area (TPSA) is 51.7 Å². The molecule has 31 heavy (non-hydrogen) atoms. The van der Waals surface area contributed by atoms with E-state index in [4.69, 9.17) is 11.6 Å². The van der Waals surface area contributed by atoms with Crippen LogP contribution in [0.5, 0.6) is 0 Å². The highest BCUT2D eigenvalue weighted by molar-refractivity contribution is 6.30. The molecule has 3 heterocycles. The van der Waals surface area contributed by atoms with Crippen molar-refractivity contribution >= 4 is 28.9 Å². The first-order valence-electron chi connectivity index (χ1n) is 11.3. The molecule has 1 atom stereocenters. The summed E-state index contributed by atoms with van der Waals surface area (Å²) in [4.78, 5) is 23.9. The minimum absolute atomic E-state index is 0.0724. The number of nitrogens with one attached hydrogen (secondary N) is 1. The molecule has 2 fully saturated rings. The monoisotopic (exact) mass is 441 g/mol. The highest BCUT2D eigenvalue weighted by Gasteiger charge is 2.25. The van der Waals surface area contributed by atoms with Crippen molar-refractivity contribution in [3.05, 3.63) is 53.8 Å². The summed E-state index contributed by atoms with van der Waals surface area (Å²) in [5, 5.41) is 3.96. The number of piperazine rings is 1. The van der Waals surface area contributed by atoms with Crippen molar-refractivity contribution in [1.29, 1.82) is 0 Å². The largest absolute Gasteiger partial charge is 0.371 e. The van der Waals surface area contributed by atoms with Gasteiger partial charge in [-0.25, -0.2) is 0 Å². The molecule has 2 aromatic rings. The molecule has 7 heteroatoms. The van der Waals surface area contributed by atoms with Crippen LogP contribution in [0.4, 0.5) is 11.4 Å². The second-order valence-corrected chi connectivity index (χ2v) is 8.88. The predicted molar refractivity (Wildman–Crippen MR) is 127 cm³/mol. The molecule has 2 saturated heterocycles. The van der Waals surface area contributed by atoms with Crippen molar-refractivity contribution in [3.63, 3.8) is 0 Å². The van der Waals surface area contributed by atoms with Crippen LogP contribution in [0.15, 0.2) is 48.8 Å². The van der Waals surface area contributed by atoms with Gasteiger partial charge in [0.05, 0.1) is 5.92 Å². The molecule has 0 aliphatic carbocycles. The average molecular weight is 442 g/mol. The molecular formula is C24H32ClN5O. The van der Waals surface area contributed by atoms with Gasteiger partial charge in [0, 0.05) is 74.6 Å². The number of nitrogens with zero attached hydrogens (tertiary/aromatic N) is 4. The molecule has 1 aromatic heterocycles. The fourth-order valence-electron chi connectivity index (χ4n) is 4.54. The van der Waals surface area contributed by atoms with Crippen molar-refractivity contribution in [2.75, 3.05) is 62.2 Å². The standard InChI is InChI=1S/C24H32ClN5O/c25-21-5-1-6-23(18-21)29-16-14-28(15-17-29)12-3-9-27-24(31)20-4-2-13-30(19-20)22-7-10-26-11-8-22/h1,5-8,10-11,18,20H,2-4,9,12-17,19H2,(H,27,31). The van der Waals surface area contributed by atoms with Crippen molar-refractivity contribution in [2.24, 2.45) is 5.92 Å². The number of piperidine rings is 1. The second kappa shape index (κ2) is 10.8. The lowest BCUT2D eigenvalue weighted by Gasteiger charge is -2.36. The third kappa shape index (κ3) is 6.11. The maximum absolute atomic E-state index is 12.7. The van der Waals surface area contributed by atoms with Crippen molar-refractivity contribution in [1.82, 2.24) is 15.2 Å². The molecule has 0 saturated carbocycles. The van der Waals surface area contributed by atoms with Gasteiger partial charge in [0.1, 0.15) is 0 Å². The van der Waals surface area contributed by atoms with Gasteiger partial charge in [-0.2, -0.15) is 0 Å². The number of carbonyl (C=O) groups is 1. The number of anilines is 2. The Labute approximate surface area is 190 Å². The first kappa shape index (κ1) is 21.9. The Morgan fingerprint density at radius 1 is 1.03 bits per heavy atom. The van der Waals surface area contributed by atoms with Crippen LogP contribution in [-0.4, -0.2) is 68.1 Å². The minimum Gasteiger partial charge on any atom is -0.371 e. The Kier molecular flexibility index (Phi) is 7.65. The summed E-state index contributed by atoms with van der Waals surface area (Å²) >= 11 is 6.12. The van der Waals surface area contributed by atoms with Gasteiger partial charge >= 0.3 is 0 Å². The Balaban J connectivity index is 1.14. The van der Waals surface area contributed by atoms with E-state index in [0.717, 1.165) is 82.3 Å². The van der Waals surface area contributed by atoms with E-state index < -0.39 is 0 Å². The van der Waals surface area contributed by atoms with Gasteiger partial charge in [0.15, 0.2) is 0 Å². The first-order valence-corrected chi connectivity index (χ1v) is 11.7. The number of aromatic nitrogens is 1. The van der Waals surface area contributed by atoms with Gasteiger partial charge in [0.25, 0.3) is 0 Å². The number of carbonyl (C=O) groups excluding carboxylic acids is 1. The van der Waals surface area contributed by atoms with Crippen molar-refractivity contribution < 1.29 is 4.79 Å². The first-order chi connectivity index (χ1) is 15.2. The fourth-order valence-corrected chi connectivity index (χ4v) is 4.73. The van der Waals surface area contributed by atoms with Crippen LogP contribution in [0.3, 0.4) is 0 Å². The molecule has 0 radical (unpaired) electrons. The van der Waals surface area contributed by atoms with Gasteiger partial charge in [-0.15, -0.1) is 0 Å². The number of rotatable bonds is 7. The van der Waals surface area contributed by atoms with Gasteiger partial charge < -0.3 is 15.1 Å². The van der Waals surface area contributed by atoms with Crippen molar-refractivity contribution in [2.45, 2.75) is 19.3 Å². The fraction of sp³-hybridized carbons (Fsp3) is 0.500. The second-order valence-electron chi connectivity index (χ2n) is 8.44. The van der Waals surface area contributed by atoms with Gasteiger partial charge in [-0.05, 0) is 56.1 Å². The van der Waals surface area contributed by atoms with E-state index in [9.17, 15) is 4.79 Å². The van der Waals surface area contributed by atoms with Crippen LogP contribution in [0.1, 0.15) is 19.3 Å². The molecule has 4 rings (SSSR count). The molecule has 6 nitrogen and oxygen atoms in total.